The molecule has 166 valence electrons. The van der Waals surface area contributed by atoms with E-state index in [2.05, 4.69) is 40.8 Å². The number of para-hydroxylation sites is 1. The summed E-state index contributed by atoms with van der Waals surface area (Å²) in [6.45, 7) is 5.52. The fraction of sp³-hybridized carbons (Fsp3) is 0.192. The number of nitriles is 1. The molecule has 0 atom stereocenters. The number of fused-ring (bicyclic) bond motifs is 1. The van der Waals surface area contributed by atoms with E-state index in [0.717, 1.165) is 35.2 Å². The highest BCUT2D eigenvalue weighted by molar-refractivity contribution is 7.13. The summed E-state index contributed by atoms with van der Waals surface area (Å²) in [7, 11) is 0. The van der Waals surface area contributed by atoms with Crippen LogP contribution < -0.4 is 10.1 Å². The second-order valence-corrected chi connectivity index (χ2v) is 8.60. The minimum atomic E-state index is -0.467. The van der Waals surface area contributed by atoms with Gasteiger partial charge < -0.3 is 9.30 Å². The van der Waals surface area contributed by atoms with Gasteiger partial charge in [-0.05, 0) is 55.7 Å². The van der Waals surface area contributed by atoms with Crippen LogP contribution in [0.2, 0.25) is 0 Å². The molecule has 0 aliphatic rings. The maximum Gasteiger partial charge on any atom is 0.268 e. The number of aromatic nitrogens is 2. The van der Waals surface area contributed by atoms with Gasteiger partial charge in [0, 0.05) is 40.8 Å². The molecule has 4 aromatic rings. The molecule has 2 heterocycles. The van der Waals surface area contributed by atoms with Crippen LogP contribution in [0.5, 0.6) is 5.75 Å². The molecular weight excluding hydrogens is 432 g/mol. The molecule has 1 N–H and O–H groups in total. The van der Waals surface area contributed by atoms with Crippen molar-refractivity contribution < 1.29 is 9.53 Å². The van der Waals surface area contributed by atoms with E-state index in [1.54, 1.807) is 17.7 Å². The molecule has 1 amide bonds. The molecule has 2 aromatic heterocycles. The largest absolute Gasteiger partial charge is 0.494 e. The third-order valence-electron chi connectivity index (χ3n) is 5.43. The Morgan fingerprint density at radius 1 is 1.24 bits per heavy atom. The molecule has 0 radical (unpaired) electrons. The van der Waals surface area contributed by atoms with Gasteiger partial charge >= 0.3 is 0 Å². The zero-order chi connectivity index (χ0) is 23.2. The maximum atomic E-state index is 12.5. The SMILES string of the molecule is Cc1ccc(OCCCn2cc(/C=C(/C#N)C(=O)Nc3nccs3)c3ccccc32)cc1C. The Kier molecular flexibility index (Phi) is 6.86. The molecule has 0 aliphatic carbocycles. The number of benzene rings is 2. The first-order valence-corrected chi connectivity index (χ1v) is 11.5. The van der Waals surface area contributed by atoms with Gasteiger partial charge in [-0.15, -0.1) is 11.3 Å². The Morgan fingerprint density at radius 2 is 2.09 bits per heavy atom. The number of amides is 1. The molecule has 7 heteroatoms. The van der Waals surface area contributed by atoms with E-state index >= 15 is 0 Å². The highest BCUT2D eigenvalue weighted by atomic mass is 32.1. The molecule has 33 heavy (non-hydrogen) atoms. The Morgan fingerprint density at radius 3 is 2.85 bits per heavy atom. The summed E-state index contributed by atoms with van der Waals surface area (Å²) >= 11 is 1.31. The molecule has 0 unspecified atom stereocenters. The van der Waals surface area contributed by atoms with Gasteiger partial charge in [0.15, 0.2) is 5.13 Å². The summed E-state index contributed by atoms with van der Waals surface area (Å²) in [5.74, 6) is 0.412. The van der Waals surface area contributed by atoms with Crippen LogP contribution in [0.1, 0.15) is 23.1 Å². The van der Waals surface area contributed by atoms with Crippen molar-refractivity contribution in [2.24, 2.45) is 0 Å². The van der Waals surface area contributed by atoms with Gasteiger partial charge in [0.2, 0.25) is 0 Å². The van der Waals surface area contributed by atoms with E-state index in [1.807, 2.05) is 42.6 Å². The summed E-state index contributed by atoms with van der Waals surface area (Å²) < 4.78 is 8.06. The fourth-order valence-electron chi connectivity index (χ4n) is 3.56. The number of anilines is 1. The first-order valence-electron chi connectivity index (χ1n) is 10.7. The highest BCUT2D eigenvalue weighted by Gasteiger charge is 2.13. The lowest BCUT2D eigenvalue weighted by molar-refractivity contribution is -0.112. The van der Waals surface area contributed by atoms with Crippen molar-refractivity contribution in [3.05, 3.63) is 82.5 Å². The molecule has 0 saturated carbocycles. The molecule has 2 aromatic carbocycles. The van der Waals surface area contributed by atoms with Crippen LogP contribution >= 0.6 is 11.3 Å². The van der Waals surface area contributed by atoms with E-state index in [9.17, 15) is 10.1 Å². The van der Waals surface area contributed by atoms with E-state index in [1.165, 1.54) is 22.5 Å². The van der Waals surface area contributed by atoms with E-state index < -0.39 is 5.91 Å². The van der Waals surface area contributed by atoms with Crippen LogP contribution in [0.15, 0.2) is 65.8 Å². The van der Waals surface area contributed by atoms with Crippen LogP contribution in [0.3, 0.4) is 0 Å². The minimum absolute atomic E-state index is 0.0335. The lowest BCUT2D eigenvalue weighted by Gasteiger charge is -2.09. The average molecular weight is 457 g/mol. The Hall–Kier alpha value is -3.89. The lowest BCUT2D eigenvalue weighted by atomic mass is 10.1. The number of rotatable bonds is 8. The van der Waals surface area contributed by atoms with Crippen LogP contribution in [-0.2, 0) is 11.3 Å². The van der Waals surface area contributed by atoms with Crippen molar-refractivity contribution in [2.75, 3.05) is 11.9 Å². The van der Waals surface area contributed by atoms with Crippen molar-refractivity contribution >= 4 is 39.4 Å². The van der Waals surface area contributed by atoms with E-state index in [4.69, 9.17) is 4.74 Å². The number of carbonyl (C=O) groups is 1. The normalized spacial score (nSPS) is 11.4. The van der Waals surface area contributed by atoms with E-state index in [-0.39, 0.29) is 5.57 Å². The van der Waals surface area contributed by atoms with Crippen molar-refractivity contribution in [3.63, 3.8) is 0 Å². The zero-order valence-corrected chi connectivity index (χ0v) is 19.4. The van der Waals surface area contributed by atoms with Gasteiger partial charge in [0.05, 0.1) is 6.61 Å². The second kappa shape index (κ2) is 10.2. The molecule has 6 nitrogen and oxygen atoms in total. The zero-order valence-electron chi connectivity index (χ0n) is 18.5. The highest BCUT2D eigenvalue weighted by Crippen LogP contribution is 2.25. The number of hydrogen-bond donors (Lipinski definition) is 1. The number of nitrogens with zero attached hydrogens (tertiary/aromatic N) is 3. The van der Waals surface area contributed by atoms with Crippen LogP contribution in [0.4, 0.5) is 5.13 Å². The van der Waals surface area contributed by atoms with Crippen LogP contribution in [-0.4, -0.2) is 22.1 Å². The van der Waals surface area contributed by atoms with Crippen LogP contribution in [0, 0.1) is 25.2 Å². The standard InChI is InChI=1S/C26H24N4O2S/c1-18-8-9-22(14-19(18)2)32-12-5-11-30-17-21(23-6-3-4-7-24(23)30)15-20(16-27)25(31)29-26-28-10-13-33-26/h3-4,6-10,13-15,17H,5,11-12H2,1-2H3,(H,28,29,31)/b20-15-. The smallest absolute Gasteiger partial charge is 0.268 e. The number of carbonyl (C=O) groups excluding carboxylic acids is 1. The average Bonchev–Trinajstić information content (AvgIpc) is 3.45. The van der Waals surface area contributed by atoms with Crippen molar-refractivity contribution in [2.45, 2.75) is 26.8 Å². The molecule has 0 fully saturated rings. The van der Waals surface area contributed by atoms with Gasteiger partial charge in [0.1, 0.15) is 17.4 Å². The summed E-state index contributed by atoms with van der Waals surface area (Å²) in [5.41, 5.74) is 4.37. The Bertz CT molecular complexity index is 1350. The lowest BCUT2D eigenvalue weighted by Crippen LogP contribution is -2.13. The summed E-state index contributed by atoms with van der Waals surface area (Å²) in [6.07, 6.45) is 6.04. The quantitative estimate of drug-likeness (QED) is 0.209. The Labute approximate surface area is 196 Å². The Balaban J connectivity index is 1.48. The molecule has 0 aliphatic heterocycles. The number of aryl methyl sites for hydroxylation is 3. The molecule has 0 saturated heterocycles. The topological polar surface area (TPSA) is 79.9 Å². The van der Waals surface area contributed by atoms with Crippen LogP contribution in [0.25, 0.3) is 17.0 Å². The van der Waals surface area contributed by atoms with Crippen molar-refractivity contribution in [1.29, 1.82) is 5.26 Å². The third-order valence-corrected chi connectivity index (χ3v) is 6.12. The summed E-state index contributed by atoms with van der Waals surface area (Å²) in [4.78, 5) is 16.6. The molecular formula is C26H24N4O2S. The minimum Gasteiger partial charge on any atom is -0.494 e. The monoisotopic (exact) mass is 456 g/mol. The maximum absolute atomic E-state index is 12.5. The van der Waals surface area contributed by atoms with Crippen molar-refractivity contribution in [1.82, 2.24) is 9.55 Å². The summed E-state index contributed by atoms with van der Waals surface area (Å²) in [6, 6.07) is 16.1. The third kappa shape index (κ3) is 5.30. The van der Waals surface area contributed by atoms with Gasteiger partial charge in [-0.3, -0.25) is 10.1 Å². The van der Waals surface area contributed by atoms with Gasteiger partial charge in [-0.2, -0.15) is 5.26 Å². The number of nitrogens with one attached hydrogen (secondary N) is 1. The predicted molar refractivity (Wildman–Crippen MR) is 132 cm³/mol. The first-order chi connectivity index (χ1) is 16.0. The number of ether oxygens (including phenoxy) is 1. The van der Waals surface area contributed by atoms with Crippen molar-refractivity contribution in [3.8, 4) is 11.8 Å². The summed E-state index contributed by atoms with van der Waals surface area (Å²) in [5, 5.41) is 15.5. The van der Waals surface area contributed by atoms with Gasteiger partial charge in [0.25, 0.3) is 5.91 Å². The fourth-order valence-corrected chi connectivity index (χ4v) is 4.08. The number of thiazole rings is 1. The molecule has 0 bridgehead atoms. The van der Waals surface area contributed by atoms with E-state index in [0.29, 0.717) is 11.7 Å². The first kappa shape index (κ1) is 22.3. The second-order valence-electron chi connectivity index (χ2n) is 7.70. The molecule has 0 spiro atoms. The number of hydrogen-bond acceptors (Lipinski definition) is 5. The van der Waals surface area contributed by atoms with Gasteiger partial charge in [-0.1, -0.05) is 24.3 Å². The van der Waals surface area contributed by atoms with Gasteiger partial charge in [-0.25, -0.2) is 4.98 Å². The molecule has 4 rings (SSSR count). The predicted octanol–water partition coefficient (Wildman–Crippen LogP) is 5.73.